The Morgan fingerprint density at radius 2 is 1.69 bits per heavy atom. The highest BCUT2D eigenvalue weighted by molar-refractivity contribution is 7.89. The molecule has 0 saturated carbocycles. The average Bonchev–Trinajstić information content (AvgIpc) is 2.84. The highest BCUT2D eigenvalue weighted by Gasteiger charge is 2.27. The van der Waals surface area contributed by atoms with Crippen LogP contribution in [0.25, 0.3) is 11.3 Å². The predicted molar refractivity (Wildman–Crippen MR) is 135 cm³/mol. The minimum atomic E-state index is -3.63. The van der Waals surface area contributed by atoms with Crippen LogP contribution in [0.5, 0.6) is 0 Å². The molecule has 1 aliphatic rings. The summed E-state index contributed by atoms with van der Waals surface area (Å²) < 4.78 is 56.6. The number of hydrogen-bond acceptors (Lipinski definition) is 5. The molecule has 4 rings (SSSR count). The second-order valence-electron chi connectivity index (χ2n) is 8.80. The van der Waals surface area contributed by atoms with Crippen LogP contribution in [0.15, 0.2) is 63.3 Å². The number of nitrogens with zero attached hydrogens (tertiary/aromatic N) is 4. The zero-order valence-corrected chi connectivity index (χ0v) is 21.2. The molecular weight excluding hydrogens is 486 g/mol. The first-order valence-electron chi connectivity index (χ1n) is 11.9. The standard InChI is InChI=1S/C26H28F2N4O3S/c1-4-12-31(13-5-2)36(34,35)20-9-6-18(7-10-20)24-16-26(33)32-25(29-24)15-22(17(3)30-32)21-11-8-19(27)14-23(21)28/h6-11,14,16,22H,4-5,12-13,15H2,1-3H3. The van der Waals surface area contributed by atoms with Crippen LogP contribution >= 0.6 is 0 Å². The smallest absolute Gasteiger partial charge is 0.267 e. The molecule has 10 heteroatoms. The van der Waals surface area contributed by atoms with Crippen LogP contribution in [0, 0.1) is 11.6 Å². The molecule has 2 aromatic carbocycles. The Labute approximate surface area is 209 Å². The summed E-state index contributed by atoms with van der Waals surface area (Å²) in [6, 6.07) is 11.0. The van der Waals surface area contributed by atoms with Crippen molar-refractivity contribution in [3.8, 4) is 11.3 Å². The monoisotopic (exact) mass is 514 g/mol. The third-order valence-corrected chi connectivity index (χ3v) is 8.10. The molecular formula is C26H28F2N4O3S. The van der Waals surface area contributed by atoms with E-state index in [1.54, 1.807) is 19.1 Å². The SMILES string of the molecule is CCCN(CCC)S(=O)(=O)c1ccc(-c2cc(=O)n3c(n2)CC(c2ccc(F)cc2F)C(C)=N3)cc1. The molecule has 2 heterocycles. The van der Waals surface area contributed by atoms with Gasteiger partial charge in [-0.1, -0.05) is 32.0 Å². The lowest BCUT2D eigenvalue weighted by Crippen LogP contribution is -2.32. The maximum atomic E-state index is 14.5. The Morgan fingerprint density at radius 3 is 2.31 bits per heavy atom. The Balaban J connectivity index is 1.67. The lowest BCUT2D eigenvalue weighted by Gasteiger charge is -2.24. The van der Waals surface area contributed by atoms with E-state index in [2.05, 4.69) is 10.1 Å². The highest BCUT2D eigenvalue weighted by Crippen LogP contribution is 2.29. The fourth-order valence-corrected chi connectivity index (χ4v) is 6.01. The summed E-state index contributed by atoms with van der Waals surface area (Å²) in [6.07, 6.45) is 1.63. The molecule has 0 amide bonds. The van der Waals surface area contributed by atoms with Gasteiger partial charge in [0.1, 0.15) is 17.5 Å². The summed E-state index contributed by atoms with van der Waals surface area (Å²) >= 11 is 0. The average molecular weight is 515 g/mol. The van der Waals surface area contributed by atoms with Gasteiger partial charge in [-0.15, -0.1) is 0 Å². The van der Waals surface area contributed by atoms with E-state index >= 15 is 0 Å². The van der Waals surface area contributed by atoms with E-state index in [1.165, 1.54) is 39.3 Å². The van der Waals surface area contributed by atoms with Gasteiger partial charge in [-0.2, -0.15) is 14.1 Å². The number of sulfonamides is 1. The lowest BCUT2D eigenvalue weighted by molar-refractivity contribution is 0.410. The number of halogens is 2. The number of rotatable bonds is 8. The summed E-state index contributed by atoms with van der Waals surface area (Å²) in [5.41, 5.74) is 1.33. The van der Waals surface area contributed by atoms with Crippen molar-refractivity contribution in [2.24, 2.45) is 5.10 Å². The fourth-order valence-electron chi connectivity index (χ4n) is 4.39. The Hall–Kier alpha value is -3.24. The van der Waals surface area contributed by atoms with E-state index in [0.29, 0.717) is 48.7 Å². The zero-order chi connectivity index (χ0) is 26.0. The third kappa shape index (κ3) is 5.01. The van der Waals surface area contributed by atoms with Gasteiger partial charge < -0.3 is 0 Å². The topological polar surface area (TPSA) is 84.6 Å². The number of aromatic nitrogens is 2. The molecule has 0 aliphatic carbocycles. The van der Waals surface area contributed by atoms with E-state index in [-0.39, 0.29) is 16.9 Å². The van der Waals surface area contributed by atoms with Gasteiger partial charge >= 0.3 is 0 Å². The fraction of sp³-hybridized carbons (Fsp3) is 0.346. The normalized spacial score (nSPS) is 15.6. The summed E-state index contributed by atoms with van der Waals surface area (Å²) in [5, 5.41) is 4.32. The van der Waals surface area contributed by atoms with Crippen LogP contribution in [0.1, 0.15) is 50.9 Å². The van der Waals surface area contributed by atoms with Gasteiger partial charge in [-0.05, 0) is 43.5 Å². The van der Waals surface area contributed by atoms with Crippen molar-refractivity contribution < 1.29 is 17.2 Å². The van der Waals surface area contributed by atoms with Gasteiger partial charge in [0.15, 0.2) is 0 Å². The third-order valence-electron chi connectivity index (χ3n) is 6.18. The van der Waals surface area contributed by atoms with Gasteiger partial charge in [-0.25, -0.2) is 22.2 Å². The minimum absolute atomic E-state index is 0.176. The second kappa shape index (κ2) is 10.4. The van der Waals surface area contributed by atoms with Crippen molar-refractivity contribution in [1.29, 1.82) is 0 Å². The molecule has 1 unspecified atom stereocenters. The molecule has 36 heavy (non-hydrogen) atoms. The minimum Gasteiger partial charge on any atom is -0.267 e. The van der Waals surface area contributed by atoms with Crippen molar-refractivity contribution in [1.82, 2.24) is 14.0 Å². The van der Waals surface area contributed by atoms with Gasteiger partial charge in [0.2, 0.25) is 10.0 Å². The summed E-state index contributed by atoms with van der Waals surface area (Å²) in [4.78, 5) is 17.6. The first kappa shape index (κ1) is 25.8. The molecule has 3 aromatic rings. The predicted octanol–water partition coefficient (Wildman–Crippen LogP) is 4.56. The van der Waals surface area contributed by atoms with Crippen molar-refractivity contribution >= 4 is 15.7 Å². The van der Waals surface area contributed by atoms with Crippen molar-refractivity contribution in [2.75, 3.05) is 13.1 Å². The van der Waals surface area contributed by atoms with Gasteiger partial charge in [0.25, 0.3) is 5.56 Å². The molecule has 0 radical (unpaired) electrons. The van der Waals surface area contributed by atoms with Crippen molar-refractivity contribution in [2.45, 2.75) is 50.8 Å². The zero-order valence-electron chi connectivity index (χ0n) is 20.4. The van der Waals surface area contributed by atoms with Gasteiger partial charge in [0.05, 0.1) is 10.6 Å². The van der Waals surface area contributed by atoms with Crippen LogP contribution < -0.4 is 5.56 Å². The summed E-state index contributed by atoms with van der Waals surface area (Å²) in [5.74, 6) is -1.51. The maximum Gasteiger partial charge on any atom is 0.274 e. The highest BCUT2D eigenvalue weighted by atomic mass is 32.2. The molecule has 0 N–H and O–H groups in total. The van der Waals surface area contributed by atoms with Crippen molar-refractivity contribution in [3.63, 3.8) is 0 Å². The van der Waals surface area contributed by atoms with E-state index in [1.807, 2.05) is 13.8 Å². The van der Waals surface area contributed by atoms with Crippen LogP contribution in [-0.2, 0) is 16.4 Å². The molecule has 0 bridgehead atoms. The van der Waals surface area contributed by atoms with Gasteiger partial charge in [-0.3, -0.25) is 4.79 Å². The Bertz CT molecular complexity index is 1460. The molecule has 1 aliphatic heterocycles. The maximum absolute atomic E-state index is 14.5. The molecule has 1 atom stereocenters. The van der Waals surface area contributed by atoms with Crippen LogP contribution in [-0.4, -0.2) is 41.2 Å². The Morgan fingerprint density at radius 1 is 1.03 bits per heavy atom. The second-order valence-corrected chi connectivity index (χ2v) is 10.7. The Kier molecular flexibility index (Phi) is 7.46. The van der Waals surface area contributed by atoms with Gasteiger partial charge in [0, 0.05) is 48.8 Å². The van der Waals surface area contributed by atoms with Crippen LogP contribution in [0.3, 0.4) is 0 Å². The largest absolute Gasteiger partial charge is 0.274 e. The molecule has 0 spiro atoms. The molecule has 0 saturated heterocycles. The number of fused-ring (bicyclic) bond motifs is 1. The molecule has 1 aromatic heterocycles. The first-order valence-corrected chi connectivity index (χ1v) is 13.3. The van der Waals surface area contributed by atoms with E-state index < -0.39 is 33.1 Å². The summed E-state index contributed by atoms with van der Waals surface area (Å²) in [7, 11) is -3.63. The lowest BCUT2D eigenvalue weighted by atomic mass is 9.90. The molecule has 0 fully saturated rings. The number of hydrogen-bond donors (Lipinski definition) is 0. The van der Waals surface area contributed by atoms with E-state index in [4.69, 9.17) is 0 Å². The van der Waals surface area contributed by atoms with E-state index in [9.17, 15) is 22.0 Å². The molecule has 190 valence electrons. The first-order chi connectivity index (χ1) is 17.1. The van der Waals surface area contributed by atoms with Crippen LogP contribution in [0.4, 0.5) is 8.78 Å². The van der Waals surface area contributed by atoms with Crippen molar-refractivity contribution in [3.05, 3.63) is 81.9 Å². The molecule has 7 nitrogen and oxygen atoms in total. The quantitative estimate of drug-likeness (QED) is 0.441. The number of benzene rings is 2. The van der Waals surface area contributed by atoms with Crippen LogP contribution in [0.2, 0.25) is 0 Å². The summed E-state index contributed by atoms with van der Waals surface area (Å²) in [6.45, 7) is 6.44. The van der Waals surface area contributed by atoms with E-state index in [0.717, 1.165) is 6.07 Å².